The first-order chi connectivity index (χ1) is 43.6. The maximum atomic E-state index is 13.3. The summed E-state index contributed by atoms with van der Waals surface area (Å²) in [4.78, 5) is 13.3. The first-order valence-corrected chi connectivity index (χ1v) is 36.0. The largest absolute Gasteiger partial charge is 0.394 e. The summed E-state index contributed by atoms with van der Waals surface area (Å²) in [7, 11) is 0. The van der Waals surface area contributed by atoms with Crippen molar-refractivity contribution < 1.29 is 64.6 Å². The molecule has 0 aromatic carbocycles. The highest BCUT2D eigenvalue weighted by molar-refractivity contribution is 5.76. The van der Waals surface area contributed by atoms with Crippen LogP contribution in [0.2, 0.25) is 0 Å². The predicted molar refractivity (Wildman–Crippen MR) is 364 cm³/mol. The highest BCUT2D eigenvalue weighted by atomic mass is 16.7. The SMILES string of the molecule is CC/C=C\C/C=C\C/C=C\C/C=C\C/C=C\CCCCCCCCCCCCCCCCCCCC(=O)NC(COC1OC(CO)C(OC2OC(CO)C(O)C(O)C2O)C(O)C1O)C(O)/C=C/CC/C=C/CC/C=C/CCCCCCCCCCCCCC. The molecule has 14 heteroatoms. The van der Waals surface area contributed by atoms with E-state index in [0.717, 1.165) is 77.0 Å². The van der Waals surface area contributed by atoms with Crippen LogP contribution < -0.4 is 5.32 Å². The minimum absolute atomic E-state index is 0.253. The van der Waals surface area contributed by atoms with Crippen molar-refractivity contribution in [2.45, 2.75) is 351 Å². The first-order valence-electron chi connectivity index (χ1n) is 36.0. The quantitative estimate of drug-likeness (QED) is 0.0204. The van der Waals surface area contributed by atoms with Crippen LogP contribution in [0.25, 0.3) is 0 Å². The van der Waals surface area contributed by atoms with E-state index in [0.29, 0.717) is 12.8 Å². The van der Waals surface area contributed by atoms with Gasteiger partial charge in [0.25, 0.3) is 0 Å². The van der Waals surface area contributed by atoms with Gasteiger partial charge in [0, 0.05) is 6.42 Å². The predicted octanol–water partition coefficient (Wildman–Crippen LogP) is 15.0. The number of rotatable bonds is 58. The van der Waals surface area contributed by atoms with Crippen LogP contribution in [0.1, 0.15) is 277 Å². The van der Waals surface area contributed by atoms with Gasteiger partial charge in [-0.15, -0.1) is 0 Å². The van der Waals surface area contributed by atoms with Crippen LogP contribution in [0.5, 0.6) is 0 Å². The standard InChI is InChI=1S/C75H131NO13/c1-3-5-7-9-11-13-15-17-19-21-23-25-27-28-29-30-31-32-33-34-35-36-37-39-41-43-45-47-49-51-53-55-57-59-67(80)76-63(62-86-74-72(85)70(83)73(66(61-78)88-74)89-75-71(84)69(82)68(81)65(60-77)87-75)64(79)58-56-54-52-50-48-46-44-42-40-38-26-24-22-20-18-16-14-12-10-8-6-4-2/h5,7,11,13,17,19,23,25,28-29,40,42,48,50,56,58,63-66,68-75,77-79,81-85H,3-4,6,8-10,12,14-16,18,20-22,24,26-27,30-39,41,43-47,49,51-55,57,59-62H2,1-2H3,(H,76,80)/b7-5-,13-11-,19-17-,25-23-,29-28-,42-40+,50-48+,58-56+. The van der Waals surface area contributed by atoms with Gasteiger partial charge in [-0.2, -0.15) is 0 Å². The molecule has 0 aromatic heterocycles. The van der Waals surface area contributed by atoms with E-state index in [4.69, 9.17) is 18.9 Å². The Kier molecular flexibility index (Phi) is 54.1. The number of unbranched alkanes of at least 4 members (excludes halogenated alkanes) is 31. The van der Waals surface area contributed by atoms with E-state index < -0.39 is 86.8 Å². The van der Waals surface area contributed by atoms with Crippen molar-refractivity contribution in [2.24, 2.45) is 0 Å². The molecule has 0 spiro atoms. The second-order valence-electron chi connectivity index (χ2n) is 25.0. The molecule has 9 N–H and O–H groups in total. The van der Waals surface area contributed by atoms with Crippen LogP contribution in [-0.2, 0) is 23.7 Å². The Balaban J connectivity index is 1.67. The van der Waals surface area contributed by atoms with Crippen LogP contribution >= 0.6 is 0 Å². The van der Waals surface area contributed by atoms with Gasteiger partial charge in [0.2, 0.25) is 5.91 Å². The lowest BCUT2D eigenvalue weighted by molar-refractivity contribution is -0.359. The maximum Gasteiger partial charge on any atom is 0.220 e. The van der Waals surface area contributed by atoms with Gasteiger partial charge in [-0.1, -0.05) is 278 Å². The molecule has 12 atom stereocenters. The Bertz CT molecular complexity index is 1860. The molecule has 0 aliphatic carbocycles. The average Bonchev–Trinajstić information content (AvgIpc) is 2.75. The zero-order chi connectivity index (χ0) is 64.5. The third-order valence-corrected chi connectivity index (χ3v) is 17.0. The van der Waals surface area contributed by atoms with Crippen molar-refractivity contribution in [3.63, 3.8) is 0 Å². The second-order valence-corrected chi connectivity index (χ2v) is 25.0. The van der Waals surface area contributed by atoms with E-state index in [-0.39, 0.29) is 18.9 Å². The fraction of sp³-hybridized carbons (Fsp3) is 0.773. The first kappa shape index (κ1) is 82.0. The van der Waals surface area contributed by atoms with E-state index in [1.807, 2.05) is 6.08 Å². The lowest BCUT2D eigenvalue weighted by atomic mass is 9.97. The molecule has 2 aliphatic rings. The Labute approximate surface area is 541 Å². The van der Waals surface area contributed by atoms with Gasteiger partial charge in [0.05, 0.1) is 32.0 Å². The van der Waals surface area contributed by atoms with Crippen LogP contribution in [0.3, 0.4) is 0 Å². The molecule has 1 amide bonds. The summed E-state index contributed by atoms with van der Waals surface area (Å²) in [6, 6.07) is -0.943. The number of carbonyl (C=O) groups is 1. The van der Waals surface area contributed by atoms with Crippen molar-refractivity contribution in [3.8, 4) is 0 Å². The van der Waals surface area contributed by atoms with Crippen LogP contribution in [-0.4, -0.2) is 140 Å². The number of allylic oxidation sites excluding steroid dienone is 15. The molecule has 514 valence electrons. The summed E-state index contributed by atoms with van der Waals surface area (Å²) in [5.41, 5.74) is 0. The van der Waals surface area contributed by atoms with Gasteiger partial charge in [-0.3, -0.25) is 4.79 Å². The Morgan fingerprint density at radius 3 is 1.24 bits per heavy atom. The molecule has 2 rings (SSSR count). The fourth-order valence-electron chi connectivity index (χ4n) is 11.3. The highest BCUT2D eigenvalue weighted by Gasteiger charge is 2.51. The topological polar surface area (TPSA) is 228 Å². The number of carbonyl (C=O) groups excluding carboxylic acids is 1. The molecule has 0 bridgehead atoms. The summed E-state index contributed by atoms with van der Waals surface area (Å²) in [6.07, 6.45) is 66.1. The van der Waals surface area contributed by atoms with E-state index >= 15 is 0 Å². The molecule has 12 unspecified atom stereocenters. The van der Waals surface area contributed by atoms with Crippen molar-refractivity contribution in [1.29, 1.82) is 0 Å². The lowest BCUT2D eigenvalue weighted by Gasteiger charge is -2.46. The minimum atomic E-state index is -1.80. The minimum Gasteiger partial charge on any atom is -0.394 e. The van der Waals surface area contributed by atoms with Gasteiger partial charge >= 0.3 is 0 Å². The molecule has 0 radical (unpaired) electrons. The van der Waals surface area contributed by atoms with Gasteiger partial charge < -0.3 is 65.1 Å². The molecular weight excluding hydrogens is 1120 g/mol. The number of hydrogen-bond donors (Lipinski definition) is 9. The van der Waals surface area contributed by atoms with E-state index in [1.54, 1.807) is 6.08 Å². The molecule has 0 aromatic rings. The van der Waals surface area contributed by atoms with Gasteiger partial charge in [0.1, 0.15) is 48.8 Å². The van der Waals surface area contributed by atoms with Crippen molar-refractivity contribution >= 4 is 5.91 Å². The lowest BCUT2D eigenvalue weighted by Crippen LogP contribution is -2.65. The number of nitrogens with one attached hydrogen (secondary N) is 1. The average molecular weight is 1250 g/mol. The number of amides is 1. The van der Waals surface area contributed by atoms with Crippen molar-refractivity contribution in [1.82, 2.24) is 5.32 Å². The Hall–Kier alpha value is -3.09. The molecule has 2 saturated heterocycles. The van der Waals surface area contributed by atoms with Crippen molar-refractivity contribution in [2.75, 3.05) is 19.8 Å². The zero-order valence-electron chi connectivity index (χ0n) is 55.9. The molecule has 14 nitrogen and oxygen atoms in total. The fourth-order valence-corrected chi connectivity index (χ4v) is 11.3. The maximum absolute atomic E-state index is 13.3. The second kappa shape index (κ2) is 58.7. The third-order valence-electron chi connectivity index (χ3n) is 17.0. The Morgan fingerprint density at radius 2 is 0.787 bits per heavy atom. The molecule has 89 heavy (non-hydrogen) atoms. The zero-order valence-corrected chi connectivity index (χ0v) is 55.9. The van der Waals surface area contributed by atoms with E-state index in [1.165, 1.54) is 167 Å². The molecule has 0 saturated carbocycles. The number of ether oxygens (including phenoxy) is 4. The normalized spacial score (nSPS) is 23.6. The number of hydrogen-bond acceptors (Lipinski definition) is 13. The number of aliphatic hydroxyl groups excluding tert-OH is 8. The smallest absolute Gasteiger partial charge is 0.220 e. The van der Waals surface area contributed by atoms with E-state index in [9.17, 15) is 45.6 Å². The summed E-state index contributed by atoms with van der Waals surface area (Å²) in [6.45, 7) is 2.68. The Morgan fingerprint density at radius 1 is 0.416 bits per heavy atom. The van der Waals surface area contributed by atoms with Crippen LogP contribution in [0.15, 0.2) is 97.2 Å². The van der Waals surface area contributed by atoms with Gasteiger partial charge in [-0.25, -0.2) is 0 Å². The summed E-state index contributed by atoms with van der Waals surface area (Å²) >= 11 is 0. The third kappa shape index (κ3) is 42.7. The van der Waals surface area contributed by atoms with Crippen molar-refractivity contribution in [3.05, 3.63) is 97.2 Å². The van der Waals surface area contributed by atoms with Crippen LogP contribution in [0.4, 0.5) is 0 Å². The van der Waals surface area contributed by atoms with E-state index in [2.05, 4.69) is 104 Å². The summed E-state index contributed by atoms with van der Waals surface area (Å²) in [5, 5.41) is 87.4. The summed E-state index contributed by atoms with van der Waals surface area (Å²) < 4.78 is 22.8. The molecular formula is C75H131NO13. The molecule has 2 heterocycles. The monoisotopic (exact) mass is 1250 g/mol. The van der Waals surface area contributed by atoms with Gasteiger partial charge in [-0.05, 0) is 89.9 Å². The van der Waals surface area contributed by atoms with Gasteiger partial charge in [0.15, 0.2) is 12.6 Å². The summed E-state index contributed by atoms with van der Waals surface area (Å²) in [5.74, 6) is -0.253. The molecule has 2 aliphatic heterocycles. The van der Waals surface area contributed by atoms with Crippen LogP contribution in [0, 0.1) is 0 Å². The highest BCUT2D eigenvalue weighted by Crippen LogP contribution is 2.30. The number of aliphatic hydroxyl groups is 8. The molecule has 2 fully saturated rings.